The third kappa shape index (κ3) is 3.60. The number of carbonyl (C=O) groups excluding carboxylic acids is 1. The quantitative estimate of drug-likeness (QED) is 0.397. The molecular formula is C12H17FN4OS. The number of rotatable bonds is 4. The summed E-state index contributed by atoms with van der Waals surface area (Å²) in [5.74, 6) is -1.33. The molecular weight excluding hydrogens is 267 g/mol. The molecule has 7 heteroatoms. The van der Waals surface area contributed by atoms with Crippen molar-refractivity contribution in [3.63, 3.8) is 0 Å². The highest BCUT2D eigenvalue weighted by Crippen LogP contribution is 2.22. The highest BCUT2D eigenvalue weighted by molar-refractivity contribution is 7.15. The molecule has 1 aromatic rings. The van der Waals surface area contributed by atoms with Gasteiger partial charge in [0.1, 0.15) is 4.88 Å². The van der Waals surface area contributed by atoms with Crippen LogP contribution in [0.15, 0.2) is 12.0 Å². The Balaban J connectivity index is 3.10. The lowest BCUT2D eigenvalue weighted by molar-refractivity contribution is 0.100. The average molecular weight is 284 g/mol. The number of nitrogens with zero attached hydrogens (tertiary/aromatic N) is 3. The molecule has 0 radical (unpaired) electrons. The largest absolute Gasteiger partial charge is 0.381 e. The van der Waals surface area contributed by atoms with Gasteiger partial charge >= 0.3 is 0 Å². The lowest BCUT2D eigenvalue weighted by atomic mass is 10.2. The molecule has 1 aromatic heterocycles. The summed E-state index contributed by atoms with van der Waals surface area (Å²) in [7, 11) is 6.71. The molecule has 0 unspecified atom stereocenters. The summed E-state index contributed by atoms with van der Waals surface area (Å²) >= 11 is 1.03. The average Bonchev–Trinajstić information content (AvgIpc) is 2.68. The van der Waals surface area contributed by atoms with E-state index < -0.39 is 11.6 Å². The molecule has 0 saturated heterocycles. The van der Waals surface area contributed by atoms with E-state index in [0.717, 1.165) is 17.5 Å². The van der Waals surface area contributed by atoms with Crippen molar-refractivity contribution in [3.05, 3.63) is 27.6 Å². The molecule has 0 aliphatic heterocycles. The Labute approximate surface area is 115 Å². The van der Waals surface area contributed by atoms with E-state index in [2.05, 4.69) is 4.98 Å². The van der Waals surface area contributed by atoms with Gasteiger partial charge in [-0.1, -0.05) is 0 Å². The fourth-order valence-electron chi connectivity index (χ4n) is 1.29. The maximum absolute atomic E-state index is 13.7. The van der Waals surface area contributed by atoms with Crippen molar-refractivity contribution in [3.8, 4) is 0 Å². The molecule has 19 heavy (non-hydrogen) atoms. The van der Waals surface area contributed by atoms with E-state index >= 15 is 0 Å². The number of nitrogens with one attached hydrogen (secondary N) is 1. The maximum atomic E-state index is 13.7. The van der Waals surface area contributed by atoms with Gasteiger partial charge in [0, 0.05) is 34.4 Å². The highest BCUT2D eigenvalue weighted by Gasteiger charge is 2.21. The van der Waals surface area contributed by atoms with Crippen LogP contribution in [0.4, 0.5) is 4.39 Å². The minimum atomic E-state index is -0.834. The Morgan fingerprint density at radius 1 is 1.37 bits per heavy atom. The molecule has 0 saturated carbocycles. The van der Waals surface area contributed by atoms with E-state index in [9.17, 15) is 9.18 Å². The Kier molecular flexibility index (Phi) is 4.77. The van der Waals surface area contributed by atoms with Gasteiger partial charge in [-0.2, -0.15) is 0 Å². The van der Waals surface area contributed by atoms with Gasteiger partial charge < -0.3 is 9.80 Å². The van der Waals surface area contributed by atoms with Gasteiger partial charge in [0.2, 0.25) is 5.78 Å². The summed E-state index contributed by atoms with van der Waals surface area (Å²) in [6.07, 6.45) is 1.12. The van der Waals surface area contributed by atoms with Crippen molar-refractivity contribution in [1.29, 1.82) is 5.41 Å². The molecule has 0 aliphatic carbocycles. The second-order valence-corrected chi connectivity index (χ2v) is 5.45. The number of amidine groups is 1. The van der Waals surface area contributed by atoms with Crippen molar-refractivity contribution in [2.24, 2.45) is 0 Å². The van der Waals surface area contributed by atoms with E-state index in [1.54, 1.807) is 40.0 Å². The number of ketones is 1. The molecule has 0 atom stereocenters. The fraction of sp³-hybridized carbons (Fsp3) is 0.417. The zero-order chi connectivity index (χ0) is 14.7. The number of halogens is 1. The normalized spacial score (nSPS) is 11.4. The SMILES string of the molecule is Cc1nc(C(=N)N(C)C)sc1C(=O)/C(F)=C/N(C)C. The highest BCUT2D eigenvalue weighted by atomic mass is 32.1. The summed E-state index contributed by atoms with van der Waals surface area (Å²) in [5, 5.41) is 8.21. The van der Waals surface area contributed by atoms with Gasteiger partial charge in [-0.15, -0.1) is 11.3 Å². The van der Waals surface area contributed by atoms with Crippen molar-refractivity contribution >= 4 is 23.0 Å². The van der Waals surface area contributed by atoms with Crippen LogP contribution in [0.1, 0.15) is 20.4 Å². The number of Topliss-reactive ketones (excluding diaryl/α,β-unsaturated/α-hetero) is 1. The van der Waals surface area contributed by atoms with Crippen molar-refractivity contribution < 1.29 is 9.18 Å². The van der Waals surface area contributed by atoms with Gasteiger partial charge in [-0.25, -0.2) is 9.37 Å². The van der Waals surface area contributed by atoms with E-state index in [1.165, 1.54) is 4.90 Å². The maximum Gasteiger partial charge on any atom is 0.234 e. The third-order valence-electron chi connectivity index (χ3n) is 2.24. The minimum absolute atomic E-state index is 0.198. The van der Waals surface area contributed by atoms with Crippen LogP contribution in [-0.2, 0) is 0 Å². The molecule has 0 aromatic carbocycles. The van der Waals surface area contributed by atoms with Crippen LogP contribution in [0, 0.1) is 12.3 Å². The minimum Gasteiger partial charge on any atom is -0.381 e. The van der Waals surface area contributed by atoms with E-state index in [-0.39, 0.29) is 10.7 Å². The first kappa shape index (κ1) is 15.3. The molecule has 0 amide bonds. The monoisotopic (exact) mass is 284 g/mol. The number of aromatic nitrogens is 1. The first-order chi connectivity index (χ1) is 8.73. The molecule has 1 heterocycles. The lowest BCUT2D eigenvalue weighted by Crippen LogP contribution is -2.21. The number of thiazole rings is 1. The van der Waals surface area contributed by atoms with E-state index in [4.69, 9.17) is 5.41 Å². The van der Waals surface area contributed by atoms with Crippen LogP contribution in [0.25, 0.3) is 0 Å². The zero-order valence-electron chi connectivity index (χ0n) is 11.6. The van der Waals surface area contributed by atoms with Crippen LogP contribution in [0.3, 0.4) is 0 Å². The number of hydrogen-bond acceptors (Lipinski definition) is 5. The number of carbonyl (C=O) groups is 1. The summed E-state index contributed by atoms with van der Waals surface area (Å²) in [6.45, 7) is 1.64. The van der Waals surface area contributed by atoms with Gasteiger partial charge in [-0.05, 0) is 6.92 Å². The summed E-state index contributed by atoms with van der Waals surface area (Å²) in [5.41, 5.74) is 0.443. The van der Waals surface area contributed by atoms with E-state index in [0.29, 0.717) is 10.7 Å². The molecule has 0 fully saturated rings. The lowest BCUT2D eigenvalue weighted by Gasteiger charge is -2.09. The number of allylic oxidation sites excluding steroid dienone is 1. The third-order valence-corrected chi connectivity index (χ3v) is 3.40. The van der Waals surface area contributed by atoms with Crippen LogP contribution in [-0.4, -0.2) is 54.6 Å². The fourth-order valence-corrected chi connectivity index (χ4v) is 2.33. The first-order valence-corrected chi connectivity index (χ1v) is 6.37. The van der Waals surface area contributed by atoms with Crippen LogP contribution in [0.5, 0.6) is 0 Å². The molecule has 0 bridgehead atoms. The van der Waals surface area contributed by atoms with Crippen LogP contribution in [0.2, 0.25) is 0 Å². The molecule has 1 N–H and O–H groups in total. The topological polar surface area (TPSA) is 60.3 Å². The van der Waals surface area contributed by atoms with Gasteiger partial charge in [-0.3, -0.25) is 10.2 Å². The standard InChI is InChI=1S/C12H17FN4OS/c1-7-10(9(18)8(13)6-16(2)3)19-12(15-7)11(14)17(4)5/h6,14H,1-5H3/b8-6-,14-11?. The summed E-state index contributed by atoms with van der Waals surface area (Å²) in [6, 6.07) is 0. The molecule has 5 nitrogen and oxygen atoms in total. The molecule has 104 valence electrons. The predicted octanol–water partition coefficient (Wildman–Crippen LogP) is 1.89. The van der Waals surface area contributed by atoms with Crippen LogP contribution < -0.4 is 0 Å². The Bertz CT molecular complexity index is 534. The van der Waals surface area contributed by atoms with Crippen molar-refractivity contribution in [2.75, 3.05) is 28.2 Å². The number of aryl methyl sites for hydroxylation is 1. The summed E-state index contributed by atoms with van der Waals surface area (Å²) in [4.78, 5) is 19.3. The number of hydrogen-bond donors (Lipinski definition) is 1. The first-order valence-electron chi connectivity index (χ1n) is 5.56. The molecule has 0 aliphatic rings. The van der Waals surface area contributed by atoms with Gasteiger partial charge in [0.25, 0.3) is 0 Å². The molecule has 0 spiro atoms. The Hall–Kier alpha value is -1.76. The van der Waals surface area contributed by atoms with E-state index in [1.807, 2.05) is 0 Å². The zero-order valence-corrected chi connectivity index (χ0v) is 12.4. The van der Waals surface area contributed by atoms with Gasteiger partial charge in [0.05, 0.1) is 5.69 Å². The predicted molar refractivity (Wildman–Crippen MR) is 74.6 cm³/mol. The smallest absolute Gasteiger partial charge is 0.234 e. The summed E-state index contributed by atoms with van der Waals surface area (Å²) < 4.78 is 13.7. The molecule has 1 rings (SSSR count). The van der Waals surface area contributed by atoms with Crippen molar-refractivity contribution in [2.45, 2.75) is 6.92 Å². The van der Waals surface area contributed by atoms with Gasteiger partial charge in [0.15, 0.2) is 16.7 Å². The Morgan fingerprint density at radius 2 is 1.95 bits per heavy atom. The Morgan fingerprint density at radius 3 is 2.42 bits per heavy atom. The second kappa shape index (κ2) is 5.92. The van der Waals surface area contributed by atoms with Crippen LogP contribution >= 0.6 is 11.3 Å². The second-order valence-electron chi connectivity index (χ2n) is 4.45. The van der Waals surface area contributed by atoms with Crippen molar-refractivity contribution in [1.82, 2.24) is 14.8 Å².